The third kappa shape index (κ3) is 2.91. The van der Waals surface area contributed by atoms with Gasteiger partial charge in [-0.05, 0) is 37.6 Å². The third-order valence-electron chi connectivity index (χ3n) is 3.85. The van der Waals surface area contributed by atoms with Crippen LogP contribution in [0.25, 0.3) is 0 Å². The summed E-state index contributed by atoms with van der Waals surface area (Å²) in [7, 11) is 1.93. The molecule has 18 heavy (non-hydrogen) atoms. The van der Waals surface area contributed by atoms with Gasteiger partial charge in [0, 0.05) is 17.6 Å². The normalized spacial score (nSPS) is 17.7. The van der Waals surface area contributed by atoms with Crippen LogP contribution in [0.1, 0.15) is 38.2 Å². The molecule has 1 saturated carbocycles. The molecule has 1 aromatic rings. The van der Waals surface area contributed by atoms with Crippen molar-refractivity contribution in [1.29, 1.82) is 0 Å². The van der Waals surface area contributed by atoms with Crippen LogP contribution in [-0.2, 0) is 11.3 Å². The smallest absolute Gasteiger partial charge is 0.230 e. The molecule has 1 aromatic carbocycles. The number of nitrogens with one attached hydrogen (secondary N) is 2. The second-order valence-corrected chi connectivity index (χ2v) is 5.45. The van der Waals surface area contributed by atoms with Crippen molar-refractivity contribution in [1.82, 2.24) is 5.32 Å². The summed E-state index contributed by atoms with van der Waals surface area (Å²) in [5.74, 6) is 0.168. The van der Waals surface area contributed by atoms with Crippen LogP contribution in [0.3, 0.4) is 0 Å². The van der Waals surface area contributed by atoms with Crippen molar-refractivity contribution in [3.05, 3.63) is 29.8 Å². The van der Waals surface area contributed by atoms with E-state index in [0.29, 0.717) is 0 Å². The van der Waals surface area contributed by atoms with Gasteiger partial charge in [-0.1, -0.05) is 31.9 Å². The molecule has 0 atom stereocenters. The Bertz CT molecular complexity index is 405. The van der Waals surface area contributed by atoms with Gasteiger partial charge in [0.25, 0.3) is 0 Å². The molecule has 1 aliphatic rings. The van der Waals surface area contributed by atoms with Gasteiger partial charge < -0.3 is 10.6 Å². The van der Waals surface area contributed by atoms with Crippen molar-refractivity contribution in [2.75, 3.05) is 12.4 Å². The third-order valence-corrected chi connectivity index (χ3v) is 3.85. The minimum atomic E-state index is -0.163. The number of rotatable bonds is 4. The van der Waals surface area contributed by atoms with E-state index in [4.69, 9.17) is 0 Å². The van der Waals surface area contributed by atoms with Crippen LogP contribution in [0.15, 0.2) is 24.3 Å². The number of hydrogen-bond acceptors (Lipinski definition) is 2. The molecule has 1 aliphatic carbocycles. The fourth-order valence-corrected chi connectivity index (χ4v) is 2.57. The molecule has 3 nitrogen and oxygen atoms in total. The van der Waals surface area contributed by atoms with Gasteiger partial charge in [-0.2, -0.15) is 0 Å². The van der Waals surface area contributed by atoms with E-state index in [1.165, 1.54) is 18.4 Å². The van der Waals surface area contributed by atoms with Gasteiger partial charge in [0.05, 0.1) is 0 Å². The Labute approximate surface area is 109 Å². The Balaban J connectivity index is 1.98. The lowest BCUT2D eigenvalue weighted by Crippen LogP contribution is -2.30. The van der Waals surface area contributed by atoms with Crippen LogP contribution >= 0.6 is 0 Å². The van der Waals surface area contributed by atoms with Crippen LogP contribution in [0.2, 0.25) is 0 Å². The van der Waals surface area contributed by atoms with Gasteiger partial charge in [0.1, 0.15) is 0 Å². The second kappa shape index (κ2) is 5.53. The highest BCUT2D eigenvalue weighted by atomic mass is 16.2. The zero-order chi connectivity index (χ0) is 13.0. The molecule has 0 unspecified atom stereocenters. The molecular formula is C15H22N2O. The highest BCUT2D eigenvalue weighted by Gasteiger charge is 2.36. The van der Waals surface area contributed by atoms with E-state index in [1.54, 1.807) is 0 Å². The van der Waals surface area contributed by atoms with Crippen molar-refractivity contribution in [2.24, 2.45) is 5.41 Å². The maximum absolute atomic E-state index is 12.2. The maximum Gasteiger partial charge on any atom is 0.230 e. The first-order valence-corrected chi connectivity index (χ1v) is 6.69. The lowest BCUT2D eigenvalue weighted by Gasteiger charge is -2.22. The van der Waals surface area contributed by atoms with Crippen molar-refractivity contribution in [3.63, 3.8) is 0 Å². The fraction of sp³-hybridized carbons (Fsp3) is 0.533. The first-order chi connectivity index (χ1) is 8.64. The zero-order valence-corrected chi connectivity index (χ0v) is 11.3. The summed E-state index contributed by atoms with van der Waals surface area (Å²) in [6.45, 7) is 2.93. The van der Waals surface area contributed by atoms with Crippen molar-refractivity contribution >= 4 is 11.6 Å². The molecule has 0 bridgehead atoms. The van der Waals surface area contributed by atoms with Crippen molar-refractivity contribution < 1.29 is 4.79 Å². The van der Waals surface area contributed by atoms with E-state index in [9.17, 15) is 4.79 Å². The van der Waals surface area contributed by atoms with E-state index in [1.807, 2.05) is 31.3 Å². The van der Waals surface area contributed by atoms with E-state index in [0.717, 1.165) is 25.1 Å². The Morgan fingerprint density at radius 1 is 1.22 bits per heavy atom. The average molecular weight is 246 g/mol. The second-order valence-electron chi connectivity index (χ2n) is 5.45. The van der Waals surface area contributed by atoms with Crippen LogP contribution in [0.5, 0.6) is 0 Å². The Morgan fingerprint density at radius 3 is 2.39 bits per heavy atom. The van der Waals surface area contributed by atoms with Gasteiger partial charge in [0.15, 0.2) is 0 Å². The quantitative estimate of drug-likeness (QED) is 0.857. The Morgan fingerprint density at radius 2 is 1.83 bits per heavy atom. The molecule has 0 aliphatic heterocycles. The van der Waals surface area contributed by atoms with E-state index in [2.05, 4.69) is 17.6 Å². The summed E-state index contributed by atoms with van der Waals surface area (Å²) < 4.78 is 0. The number of amides is 1. The number of anilines is 1. The number of carbonyl (C=O) groups excluding carboxylic acids is 1. The van der Waals surface area contributed by atoms with Gasteiger partial charge >= 0.3 is 0 Å². The maximum atomic E-state index is 12.2. The molecule has 0 heterocycles. The molecule has 98 valence electrons. The topological polar surface area (TPSA) is 41.1 Å². The van der Waals surface area contributed by atoms with Crippen LogP contribution < -0.4 is 10.6 Å². The molecule has 0 aromatic heterocycles. The van der Waals surface area contributed by atoms with Gasteiger partial charge in [-0.25, -0.2) is 0 Å². The molecule has 2 N–H and O–H groups in total. The molecule has 2 rings (SSSR count). The minimum absolute atomic E-state index is 0.163. The highest BCUT2D eigenvalue weighted by Crippen LogP contribution is 2.38. The van der Waals surface area contributed by atoms with Crippen molar-refractivity contribution in [3.8, 4) is 0 Å². The SMILES string of the molecule is CNCc1ccc(NC(=O)C2(C)CCCC2)cc1. The molecule has 1 amide bonds. The largest absolute Gasteiger partial charge is 0.326 e. The number of carbonyl (C=O) groups is 1. The molecule has 1 fully saturated rings. The number of hydrogen-bond donors (Lipinski definition) is 2. The first-order valence-electron chi connectivity index (χ1n) is 6.69. The first kappa shape index (κ1) is 13.1. The predicted octanol–water partition coefficient (Wildman–Crippen LogP) is 2.92. The standard InChI is InChI=1S/C15H22N2O/c1-15(9-3-4-10-15)14(18)17-13-7-5-12(6-8-13)11-16-2/h5-8,16H,3-4,9-11H2,1-2H3,(H,17,18). The molecule has 0 spiro atoms. The van der Waals surface area contributed by atoms with Gasteiger partial charge in [-0.15, -0.1) is 0 Å². The predicted molar refractivity (Wildman–Crippen MR) is 74.4 cm³/mol. The van der Waals surface area contributed by atoms with Gasteiger partial charge in [0.2, 0.25) is 5.91 Å². The van der Waals surface area contributed by atoms with Crippen LogP contribution in [0.4, 0.5) is 5.69 Å². The lowest BCUT2D eigenvalue weighted by molar-refractivity contribution is -0.124. The molecule has 0 saturated heterocycles. The molecule has 3 heteroatoms. The molecule has 0 radical (unpaired) electrons. The summed E-state index contributed by atoms with van der Waals surface area (Å²) in [4.78, 5) is 12.2. The monoisotopic (exact) mass is 246 g/mol. The minimum Gasteiger partial charge on any atom is -0.326 e. The summed E-state index contributed by atoms with van der Waals surface area (Å²) in [6, 6.07) is 8.04. The van der Waals surface area contributed by atoms with E-state index in [-0.39, 0.29) is 11.3 Å². The van der Waals surface area contributed by atoms with Crippen LogP contribution in [0, 0.1) is 5.41 Å². The van der Waals surface area contributed by atoms with Gasteiger partial charge in [-0.3, -0.25) is 4.79 Å². The summed E-state index contributed by atoms with van der Waals surface area (Å²) >= 11 is 0. The summed E-state index contributed by atoms with van der Waals surface area (Å²) in [5.41, 5.74) is 1.96. The average Bonchev–Trinajstić information content (AvgIpc) is 2.80. The van der Waals surface area contributed by atoms with E-state index >= 15 is 0 Å². The Hall–Kier alpha value is -1.35. The molecular weight excluding hydrogens is 224 g/mol. The summed E-state index contributed by atoms with van der Waals surface area (Å²) in [5, 5.41) is 6.14. The fourth-order valence-electron chi connectivity index (χ4n) is 2.57. The Kier molecular flexibility index (Phi) is 4.02. The zero-order valence-electron chi connectivity index (χ0n) is 11.3. The lowest BCUT2D eigenvalue weighted by atomic mass is 9.88. The van der Waals surface area contributed by atoms with Crippen LogP contribution in [-0.4, -0.2) is 13.0 Å². The number of benzene rings is 1. The highest BCUT2D eigenvalue weighted by molar-refractivity contribution is 5.95. The summed E-state index contributed by atoms with van der Waals surface area (Å²) in [6.07, 6.45) is 4.36. The van der Waals surface area contributed by atoms with E-state index < -0.39 is 0 Å². The van der Waals surface area contributed by atoms with Crippen molar-refractivity contribution in [2.45, 2.75) is 39.2 Å².